The number of amides is 1. The predicted octanol–water partition coefficient (Wildman–Crippen LogP) is 5.61. The van der Waals surface area contributed by atoms with Crippen molar-refractivity contribution in [2.75, 3.05) is 11.4 Å². The molecule has 1 aromatic rings. The number of hydrogen-bond acceptors (Lipinski definition) is 3. The van der Waals surface area contributed by atoms with Crippen molar-refractivity contribution in [3.05, 3.63) is 23.8 Å². The van der Waals surface area contributed by atoms with Crippen molar-refractivity contribution < 1.29 is 9.53 Å². The molecule has 1 unspecified atom stereocenters. The van der Waals surface area contributed by atoms with Gasteiger partial charge in [0.15, 0.2) is 0 Å². The van der Waals surface area contributed by atoms with Crippen LogP contribution in [-0.2, 0) is 11.2 Å². The fourth-order valence-electron chi connectivity index (χ4n) is 4.77. The third kappa shape index (κ3) is 6.21. The molecule has 1 aliphatic carbocycles. The van der Waals surface area contributed by atoms with Crippen LogP contribution >= 0.6 is 0 Å². The van der Waals surface area contributed by atoms with Crippen LogP contribution in [0, 0.1) is 5.92 Å². The Kier molecular flexibility index (Phi) is 8.40. The summed E-state index contributed by atoms with van der Waals surface area (Å²) in [4.78, 5) is 15.0. The van der Waals surface area contributed by atoms with Crippen LogP contribution in [0.2, 0.25) is 0 Å². The summed E-state index contributed by atoms with van der Waals surface area (Å²) in [5, 5.41) is 0. The molecule has 0 aromatic heterocycles. The number of unbranched alkanes of at least 4 members (excludes halogenated alkanes) is 5. The highest BCUT2D eigenvalue weighted by Crippen LogP contribution is 2.35. The number of nitrogens with two attached hydrogens (primary N) is 1. The first-order chi connectivity index (χ1) is 14.1. The zero-order valence-electron chi connectivity index (χ0n) is 18.5. The molecule has 0 saturated heterocycles. The number of anilines is 1. The van der Waals surface area contributed by atoms with E-state index in [1.54, 1.807) is 0 Å². The molecule has 1 aliphatic heterocycles. The van der Waals surface area contributed by atoms with Crippen LogP contribution in [0.4, 0.5) is 5.69 Å². The topological polar surface area (TPSA) is 55.6 Å². The van der Waals surface area contributed by atoms with Gasteiger partial charge in [-0.15, -0.1) is 0 Å². The Labute approximate surface area is 177 Å². The lowest BCUT2D eigenvalue weighted by atomic mass is 9.85. The summed E-state index contributed by atoms with van der Waals surface area (Å²) in [5.74, 6) is 1.38. The van der Waals surface area contributed by atoms with E-state index in [0.29, 0.717) is 5.91 Å². The van der Waals surface area contributed by atoms with E-state index >= 15 is 0 Å². The molecule has 1 heterocycles. The fraction of sp³-hybridized carbons (Fsp3) is 0.720. The molecule has 1 aromatic carbocycles. The second kappa shape index (κ2) is 11.0. The lowest BCUT2D eigenvalue weighted by Crippen LogP contribution is -2.38. The Bertz CT molecular complexity index is 652. The number of ether oxygens (including phenoxy) is 1. The summed E-state index contributed by atoms with van der Waals surface area (Å²) in [6.07, 6.45) is 14.0. The van der Waals surface area contributed by atoms with Crippen molar-refractivity contribution in [2.45, 2.75) is 103 Å². The van der Waals surface area contributed by atoms with E-state index in [2.05, 4.69) is 26.0 Å². The lowest BCUT2D eigenvalue weighted by Gasteiger charge is -2.29. The van der Waals surface area contributed by atoms with Gasteiger partial charge in [-0.25, -0.2) is 0 Å². The van der Waals surface area contributed by atoms with Crippen molar-refractivity contribution in [3.8, 4) is 5.75 Å². The van der Waals surface area contributed by atoms with Gasteiger partial charge in [0.2, 0.25) is 5.91 Å². The zero-order chi connectivity index (χ0) is 20.6. The normalized spacial score (nSPS) is 22.4. The molecule has 4 heteroatoms. The predicted molar refractivity (Wildman–Crippen MR) is 121 cm³/mol. The minimum atomic E-state index is 0.147. The van der Waals surface area contributed by atoms with Crippen LogP contribution in [0.5, 0.6) is 5.75 Å². The number of nitrogens with zero attached hydrogens (tertiary/aromatic N) is 1. The first kappa shape index (κ1) is 22.1. The van der Waals surface area contributed by atoms with Crippen molar-refractivity contribution >= 4 is 11.6 Å². The fourth-order valence-corrected chi connectivity index (χ4v) is 4.77. The van der Waals surface area contributed by atoms with E-state index in [0.717, 1.165) is 56.5 Å². The van der Waals surface area contributed by atoms with Crippen molar-refractivity contribution in [2.24, 2.45) is 11.7 Å². The minimum absolute atomic E-state index is 0.147. The molecular weight excluding hydrogens is 360 g/mol. The quantitative estimate of drug-likeness (QED) is 0.519. The van der Waals surface area contributed by atoms with Gasteiger partial charge in [0.1, 0.15) is 5.75 Å². The van der Waals surface area contributed by atoms with Gasteiger partial charge in [0, 0.05) is 24.2 Å². The summed E-state index contributed by atoms with van der Waals surface area (Å²) < 4.78 is 6.17. The number of rotatable bonds is 10. The SMILES string of the molecule is CCCCCCCCC(C)Oc1ccc2c(c1)CCN2C(=O)[C@H]1CC[C@H](N)CC1. The first-order valence-corrected chi connectivity index (χ1v) is 11.9. The van der Waals surface area contributed by atoms with Gasteiger partial charge in [0.25, 0.3) is 0 Å². The first-order valence-electron chi connectivity index (χ1n) is 11.9. The van der Waals surface area contributed by atoms with Crippen molar-refractivity contribution in [3.63, 3.8) is 0 Å². The Morgan fingerprint density at radius 1 is 1.14 bits per heavy atom. The largest absolute Gasteiger partial charge is 0.491 e. The molecular formula is C25H40N2O2. The van der Waals surface area contributed by atoms with Crippen LogP contribution in [0.3, 0.4) is 0 Å². The molecule has 2 N–H and O–H groups in total. The maximum absolute atomic E-state index is 13.0. The summed E-state index contributed by atoms with van der Waals surface area (Å²) in [6, 6.07) is 6.56. The number of fused-ring (bicyclic) bond motifs is 1. The Morgan fingerprint density at radius 3 is 2.62 bits per heavy atom. The van der Waals surface area contributed by atoms with Gasteiger partial charge < -0.3 is 15.4 Å². The molecule has 1 saturated carbocycles. The van der Waals surface area contributed by atoms with Crippen LogP contribution in [0.1, 0.15) is 90.0 Å². The third-order valence-corrected chi connectivity index (χ3v) is 6.64. The average Bonchev–Trinajstić information content (AvgIpc) is 3.14. The maximum Gasteiger partial charge on any atom is 0.230 e. The van der Waals surface area contributed by atoms with E-state index in [9.17, 15) is 4.79 Å². The molecule has 0 spiro atoms. The highest BCUT2D eigenvalue weighted by atomic mass is 16.5. The van der Waals surface area contributed by atoms with Crippen LogP contribution in [-0.4, -0.2) is 24.6 Å². The number of carbonyl (C=O) groups excluding carboxylic acids is 1. The highest BCUT2D eigenvalue weighted by Gasteiger charge is 2.32. The van der Waals surface area contributed by atoms with E-state index in [1.807, 2.05) is 11.0 Å². The molecule has 1 atom stereocenters. The molecule has 0 radical (unpaired) electrons. The Hall–Kier alpha value is -1.55. The van der Waals surface area contributed by atoms with E-state index in [1.165, 1.54) is 44.1 Å². The summed E-state index contributed by atoms with van der Waals surface area (Å²) in [7, 11) is 0. The molecule has 3 rings (SSSR count). The smallest absolute Gasteiger partial charge is 0.230 e. The molecule has 2 aliphatic rings. The van der Waals surface area contributed by atoms with Crippen LogP contribution in [0.25, 0.3) is 0 Å². The second-order valence-electron chi connectivity index (χ2n) is 9.13. The van der Waals surface area contributed by atoms with E-state index in [-0.39, 0.29) is 18.1 Å². The van der Waals surface area contributed by atoms with Gasteiger partial charge in [-0.2, -0.15) is 0 Å². The average molecular weight is 401 g/mol. The molecule has 29 heavy (non-hydrogen) atoms. The molecule has 1 fully saturated rings. The van der Waals surface area contributed by atoms with Gasteiger partial charge in [-0.3, -0.25) is 4.79 Å². The van der Waals surface area contributed by atoms with Crippen LogP contribution < -0.4 is 15.4 Å². The molecule has 0 bridgehead atoms. The number of benzene rings is 1. The van der Waals surface area contributed by atoms with Gasteiger partial charge in [-0.1, -0.05) is 39.0 Å². The monoisotopic (exact) mass is 400 g/mol. The lowest BCUT2D eigenvalue weighted by molar-refractivity contribution is -0.123. The molecule has 1 amide bonds. The molecule has 162 valence electrons. The highest BCUT2D eigenvalue weighted by molar-refractivity contribution is 5.97. The standard InChI is InChI=1S/C25H40N2O2/c1-3-4-5-6-7-8-9-19(2)29-23-14-15-24-21(18-23)16-17-27(24)25(28)20-10-12-22(26)13-11-20/h14-15,18-20,22H,3-13,16-17,26H2,1-2H3/t19?,20-,22-. The van der Waals surface area contributed by atoms with Gasteiger partial charge in [0.05, 0.1) is 6.10 Å². The Morgan fingerprint density at radius 2 is 1.86 bits per heavy atom. The minimum Gasteiger partial charge on any atom is -0.491 e. The maximum atomic E-state index is 13.0. The second-order valence-corrected chi connectivity index (χ2v) is 9.13. The number of hydrogen-bond donors (Lipinski definition) is 1. The summed E-state index contributed by atoms with van der Waals surface area (Å²) >= 11 is 0. The van der Waals surface area contributed by atoms with E-state index < -0.39 is 0 Å². The van der Waals surface area contributed by atoms with Crippen LogP contribution in [0.15, 0.2) is 18.2 Å². The Balaban J connectivity index is 1.48. The van der Waals surface area contributed by atoms with Crippen molar-refractivity contribution in [1.82, 2.24) is 0 Å². The summed E-state index contributed by atoms with van der Waals surface area (Å²) in [6.45, 7) is 5.23. The van der Waals surface area contributed by atoms with Gasteiger partial charge in [-0.05, 0) is 75.6 Å². The molecule has 4 nitrogen and oxygen atoms in total. The van der Waals surface area contributed by atoms with E-state index in [4.69, 9.17) is 10.5 Å². The van der Waals surface area contributed by atoms with Gasteiger partial charge >= 0.3 is 0 Å². The van der Waals surface area contributed by atoms with Crippen molar-refractivity contribution in [1.29, 1.82) is 0 Å². The summed E-state index contributed by atoms with van der Waals surface area (Å²) in [5.41, 5.74) is 8.33. The third-order valence-electron chi connectivity index (χ3n) is 6.64. The number of carbonyl (C=O) groups is 1. The zero-order valence-corrected chi connectivity index (χ0v) is 18.5.